The van der Waals surface area contributed by atoms with Crippen LogP contribution in [0.15, 0.2) is 72.8 Å². The molecule has 182 valence electrons. The Morgan fingerprint density at radius 3 is 2.43 bits per heavy atom. The Hall–Kier alpha value is -4.07. The molecule has 3 aromatic rings. The van der Waals surface area contributed by atoms with E-state index < -0.39 is 17.7 Å². The number of amides is 1. The number of carbonyl (C=O) groups excluding carboxylic acids is 2. The van der Waals surface area contributed by atoms with Crippen molar-refractivity contribution in [2.75, 3.05) is 19.8 Å². The van der Waals surface area contributed by atoms with E-state index in [4.69, 9.17) is 9.47 Å². The van der Waals surface area contributed by atoms with Crippen LogP contribution in [0.3, 0.4) is 0 Å². The summed E-state index contributed by atoms with van der Waals surface area (Å²) in [5, 5.41) is 11.2. The minimum atomic E-state index is -0.757. The quantitative estimate of drug-likeness (QED) is 0.268. The second kappa shape index (κ2) is 10.9. The molecule has 8 heteroatoms. The van der Waals surface area contributed by atoms with Crippen molar-refractivity contribution in [1.29, 1.82) is 0 Å². The van der Waals surface area contributed by atoms with Gasteiger partial charge in [0.25, 0.3) is 11.7 Å². The van der Waals surface area contributed by atoms with E-state index in [0.717, 1.165) is 0 Å². The standard InChI is InChI=1S/C27H29N3O5/c1-3-34-21-12-11-20(17-22(21)35-4-2)24-23(25(31)19-9-6-5-7-10-19)26(32)27(33)30(24)15-8-14-29-16-13-28-18-29/h5-7,9-13,16-18,24,31H,3-4,8,14-15H2,1-2H3/b25-23-. The second-order valence-corrected chi connectivity index (χ2v) is 8.08. The van der Waals surface area contributed by atoms with Gasteiger partial charge in [0.05, 0.1) is 31.2 Å². The summed E-state index contributed by atoms with van der Waals surface area (Å²) < 4.78 is 13.4. The molecule has 8 nitrogen and oxygen atoms in total. The fourth-order valence-electron chi connectivity index (χ4n) is 4.29. The van der Waals surface area contributed by atoms with Crippen molar-refractivity contribution in [3.8, 4) is 11.5 Å². The summed E-state index contributed by atoms with van der Waals surface area (Å²) in [5.74, 6) is -0.428. The summed E-state index contributed by atoms with van der Waals surface area (Å²) >= 11 is 0. The summed E-state index contributed by atoms with van der Waals surface area (Å²) in [4.78, 5) is 31.9. The summed E-state index contributed by atoms with van der Waals surface area (Å²) in [6.07, 6.45) is 5.87. The minimum Gasteiger partial charge on any atom is -0.507 e. The Morgan fingerprint density at radius 2 is 1.74 bits per heavy atom. The number of hydrogen-bond donors (Lipinski definition) is 1. The molecule has 1 saturated heterocycles. The molecule has 0 bridgehead atoms. The molecule has 0 aliphatic carbocycles. The molecule has 1 aliphatic rings. The van der Waals surface area contributed by atoms with E-state index in [1.807, 2.05) is 36.7 Å². The third kappa shape index (κ3) is 5.06. The number of ether oxygens (including phenoxy) is 2. The van der Waals surface area contributed by atoms with E-state index in [9.17, 15) is 14.7 Å². The number of rotatable bonds is 10. The molecular weight excluding hydrogens is 446 g/mol. The fourth-order valence-corrected chi connectivity index (χ4v) is 4.29. The zero-order valence-corrected chi connectivity index (χ0v) is 19.9. The number of carbonyl (C=O) groups is 2. The van der Waals surface area contributed by atoms with Gasteiger partial charge < -0.3 is 24.0 Å². The summed E-state index contributed by atoms with van der Waals surface area (Å²) in [6, 6.07) is 13.4. The molecule has 1 aromatic heterocycles. The van der Waals surface area contributed by atoms with Gasteiger partial charge in [0.1, 0.15) is 5.76 Å². The molecule has 1 atom stereocenters. The topological polar surface area (TPSA) is 93.9 Å². The predicted octanol–water partition coefficient (Wildman–Crippen LogP) is 4.19. The van der Waals surface area contributed by atoms with Crippen molar-refractivity contribution in [1.82, 2.24) is 14.5 Å². The average molecular weight is 476 g/mol. The van der Waals surface area contributed by atoms with Crippen molar-refractivity contribution in [2.24, 2.45) is 0 Å². The Balaban J connectivity index is 1.77. The van der Waals surface area contributed by atoms with Crippen LogP contribution in [0, 0.1) is 0 Å². The number of Topliss-reactive ketones (excluding diaryl/α,β-unsaturated/α-hetero) is 1. The monoisotopic (exact) mass is 475 g/mol. The fraction of sp³-hybridized carbons (Fsp3) is 0.296. The Bertz CT molecular complexity index is 1200. The molecule has 35 heavy (non-hydrogen) atoms. The van der Waals surface area contributed by atoms with Gasteiger partial charge in [0.15, 0.2) is 11.5 Å². The first-order valence-electron chi connectivity index (χ1n) is 11.7. The first-order valence-corrected chi connectivity index (χ1v) is 11.7. The maximum atomic E-state index is 13.2. The summed E-state index contributed by atoms with van der Waals surface area (Å²) in [6.45, 7) is 5.63. The Labute approximate surface area is 204 Å². The van der Waals surface area contributed by atoms with Crippen LogP contribution in [0.1, 0.15) is 37.4 Å². The van der Waals surface area contributed by atoms with E-state index in [1.54, 1.807) is 48.9 Å². The lowest BCUT2D eigenvalue weighted by Crippen LogP contribution is -2.31. The number of nitrogens with zero attached hydrogens (tertiary/aromatic N) is 3. The highest BCUT2D eigenvalue weighted by molar-refractivity contribution is 6.46. The number of benzene rings is 2. The maximum Gasteiger partial charge on any atom is 0.295 e. The molecular formula is C27H29N3O5. The van der Waals surface area contributed by atoms with Crippen LogP contribution < -0.4 is 9.47 Å². The lowest BCUT2D eigenvalue weighted by atomic mass is 9.95. The van der Waals surface area contributed by atoms with Gasteiger partial charge >= 0.3 is 0 Å². The van der Waals surface area contributed by atoms with Crippen LogP contribution in [-0.2, 0) is 16.1 Å². The van der Waals surface area contributed by atoms with Crippen molar-refractivity contribution in [3.05, 3.63) is 84.0 Å². The second-order valence-electron chi connectivity index (χ2n) is 8.08. The van der Waals surface area contributed by atoms with Crippen molar-refractivity contribution >= 4 is 17.4 Å². The highest BCUT2D eigenvalue weighted by Crippen LogP contribution is 2.42. The van der Waals surface area contributed by atoms with Crippen molar-refractivity contribution < 1.29 is 24.2 Å². The Kier molecular flexibility index (Phi) is 7.50. The first kappa shape index (κ1) is 24.1. The van der Waals surface area contributed by atoms with Gasteiger partial charge in [-0.15, -0.1) is 0 Å². The zero-order chi connectivity index (χ0) is 24.8. The van der Waals surface area contributed by atoms with E-state index in [-0.39, 0.29) is 11.3 Å². The minimum absolute atomic E-state index is 0.0652. The number of ketones is 1. The molecule has 1 fully saturated rings. The summed E-state index contributed by atoms with van der Waals surface area (Å²) in [5.41, 5.74) is 1.21. The van der Waals surface area contributed by atoms with Crippen LogP contribution in [0.5, 0.6) is 11.5 Å². The van der Waals surface area contributed by atoms with E-state index in [2.05, 4.69) is 4.98 Å². The van der Waals surface area contributed by atoms with Gasteiger partial charge in [-0.05, 0) is 38.0 Å². The molecule has 0 saturated carbocycles. The highest BCUT2D eigenvalue weighted by atomic mass is 16.5. The molecule has 2 heterocycles. The molecule has 0 radical (unpaired) electrons. The third-order valence-electron chi connectivity index (χ3n) is 5.84. The van der Waals surface area contributed by atoms with Crippen LogP contribution in [-0.4, -0.2) is 51.0 Å². The maximum absolute atomic E-state index is 13.2. The molecule has 2 aromatic carbocycles. The van der Waals surface area contributed by atoms with Gasteiger partial charge in [0, 0.05) is 31.0 Å². The van der Waals surface area contributed by atoms with E-state index in [1.165, 1.54) is 4.90 Å². The predicted molar refractivity (Wildman–Crippen MR) is 131 cm³/mol. The molecule has 4 rings (SSSR count). The van der Waals surface area contributed by atoms with Crippen molar-refractivity contribution in [2.45, 2.75) is 32.9 Å². The molecule has 0 spiro atoms. The van der Waals surface area contributed by atoms with Gasteiger partial charge in [-0.1, -0.05) is 36.4 Å². The number of imidazole rings is 1. The molecule has 1 amide bonds. The number of aliphatic hydroxyl groups excluding tert-OH is 1. The number of aromatic nitrogens is 2. The summed E-state index contributed by atoms with van der Waals surface area (Å²) in [7, 11) is 0. The van der Waals surface area contributed by atoms with E-state index >= 15 is 0 Å². The first-order chi connectivity index (χ1) is 17.0. The van der Waals surface area contributed by atoms with Gasteiger partial charge in [-0.25, -0.2) is 4.98 Å². The smallest absolute Gasteiger partial charge is 0.295 e. The SMILES string of the molecule is CCOc1ccc(C2/C(=C(/O)c3ccccc3)C(=O)C(=O)N2CCCn2ccnc2)cc1OCC. The lowest BCUT2D eigenvalue weighted by molar-refractivity contribution is -0.139. The molecule has 1 unspecified atom stereocenters. The number of hydrogen-bond acceptors (Lipinski definition) is 6. The van der Waals surface area contributed by atoms with Gasteiger partial charge in [0.2, 0.25) is 0 Å². The van der Waals surface area contributed by atoms with Gasteiger partial charge in [-0.2, -0.15) is 0 Å². The number of aliphatic hydroxyl groups is 1. The Morgan fingerprint density at radius 1 is 1.00 bits per heavy atom. The molecule has 1 aliphatic heterocycles. The highest BCUT2D eigenvalue weighted by Gasteiger charge is 2.46. The number of likely N-dealkylation sites (tertiary alicyclic amines) is 1. The zero-order valence-electron chi connectivity index (χ0n) is 19.9. The normalized spacial score (nSPS) is 17.1. The van der Waals surface area contributed by atoms with Crippen LogP contribution in [0.25, 0.3) is 5.76 Å². The third-order valence-corrected chi connectivity index (χ3v) is 5.84. The van der Waals surface area contributed by atoms with Crippen LogP contribution in [0.2, 0.25) is 0 Å². The van der Waals surface area contributed by atoms with E-state index in [0.29, 0.717) is 55.4 Å². The molecule has 1 N–H and O–H groups in total. The van der Waals surface area contributed by atoms with Crippen molar-refractivity contribution in [3.63, 3.8) is 0 Å². The lowest BCUT2D eigenvalue weighted by Gasteiger charge is -2.26. The average Bonchev–Trinajstić information content (AvgIpc) is 3.48. The van der Waals surface area contributed by atoms with Crippen LogP contribution in [0.4, 0.5) is 0 Å². The van der Waals surface area contributed by atoms with Gasteiger partial charge in [-0.3, -0.25) is 9.59 Å². The van der Waals surface area contributed by atoms with Crippen LogP contribution >= 0.6 is 0 Å². The largest absolute Gasteiger partial charge is 0.507 e. The number of aryl methyl sites for hydroxylation is 1.